The summed E-state index contributed by atoms with van der Waals surface area (Å²) in [5.41, 5.74) is 1.45. The summed E-state index contributed by atoms with van der Waals surface area (Å²) in [4.78, 5) is 12.3. The number of carbonyl (C=O) groups is 1. The molecule has 24 heavy (non-hydrogen) atoms. The Hall–Kier alpha value is -2.41. The van der Waals surface area contributed by atoms with Crippen LogP contribution in [0, 0.1) is 5.82 Å². The second-order valence-electron chi connectivity index (χ2n) is 5.76. The van der Waals surface area contributed by atoms with Gasteiger partial charge in [0.2, 0.25) is 0 Å². The Labute approximate surface area is 140 Å². The first kappa shape index (κ1) is 16.4. The van der Waals surface area contributed by atoms with Gasteiger partial charge < -0.3 is 15.4 Å². The minimum absolute atomic E-state index is 0.112. The molecule has 7 heteroatoms. The Morgan fingerprint density at radius 3 is 2.88 bits per heavy atom. The summed E-state index contributed by atoms with van der Waals surface area (Å²) >= 11 is 0. The Morgan fingerprint density at radius 1 is 1.46 bits per heavy atom. The fraction of sp³-hybridized carbons (Fsp3) is 0.412. The number of nitrogens with zero attached hydrogens (tertiary/aromatic N) is 2. The molecule has 0 saturated carbocycles. The van der Waals surface area contributed by atoms with Crippen molar-refractivity contribution in [3.8, 4) is 0 Å². The van der Waals surface area contributed by atoms with Crippen molar-refractivity contribution in [3.05, 3.63) is 48.0 Å². The largest absolute Gasteiger partial charge is 0.376 e. The standard InChI is InChI=1S/C17H21FN4O2/c1-2-22-11-14(10-19-22)20-17(23)21-16(15-4-3-9-24-15)12-5-7-13(18)8-6-12/h5-8,10-11,15-16H,2-4,9H2,1H3,(H2,20,21,23)/t15-,16+/m1/s1. The Bertz CT molecular complexity index is 680. The van der Waals surface area contributed by atoms with Gasteiger partial charge in [-0.1, -0.05) is 12.1 Å². The van der Waals surface area contributed by atoms with Gasteiger partial charge in [-0.25, -0.2) is 9.18 Å². The van der Waals surface area contributed by atoms with E-state index in [1.165, 1.54) is 12.1 Å². The third kappa shape index (κ3) is 3.91. The lowest BCUT2D eigenvalue weighted by atomic mass is 9.99. The molecule has 128 valence electrons. The number of carbonyl (C=O) groups excluding carboxylic acids is 1. The molecule has 1 aliphatic heterocycles. The van der Waals surface area contributed by atoms with Crippen molar-refractivity contribution in [1.82, 2.24) is 15.1 Å². The summed E-state index contributed by atoms with van der Waals surface area (Å²) in [6.07, 6.45) is 5.06. The van der Waals surface area contributed by atoms with E-state index in [4.69, 9.17) is 4.74 Å². The van der Waals surface area contributed by atoms with Crippen molar-refractivity contribution < 1.29 is 13.9 Å². The summed E-state index contributed by atoms with van der Waals surface area (Å²) in [5, 5.41) is 9.82. The van der Waals surface area contributed by atoms with Crippen LogP contribution in [0.3, 0.4) is 0 Å². The molecule has 1 aromatic carbocycles. The van der Waals surface area contributed by atoms with E-state index >= 15 is 0 Å². The molecule has 1 aliphatic rings. The highest BCUT2D eigenvalue weighted by Crippen LogP contribution is 2.27. The molecular weight excluding hydrogens is 311 g/mol. The Balaban J connectivity index is 1.70. The molecule has 0 unspecified atom stereocenters. The van der Waals surface area contributed by atoms with E-state index in [2.05, 4.69) is 15.7 Å². The number of aromatic nitrogens is 2. The van der Waals surface area contributed by atoms with Crippen molar-refractivity contribution in [2.45, 2.75) is 38.5 Å². The molecule has 1 fully saturated rings. The van der Waals surface area contributed by atoms with E-state index in [1.54, 1.807) is 29.2 Å². The van der Waals surface area contributed by atoms with Gasteiger partial charge in [0, 0.05) is 19.3 Å². The first-order valence-electron chi connectivity index (χ1n) is 8.12. The van der Waals surface area contributed by atoms with E-state index in [0.29, 0.717) is 12.3 Å². The van der Waals surface area contributed by atoms with Crippen LogP contribution >= 0.6 is 0 Å². The topological polar surface area (TPSA) is 68.2 Å². The maximum Gasteiger partial charge on any atom is 0.319 e. The minimum atomic E-state index is -0.338. The molecule has 0 radical (unpaired) electrons. The first-order chi connectivity index (χ1) is 11.7. The highest BCUT2D eigenvalue weighted by atomic mass is 19.1. The van der Waals surface area contributed by atoms with Crippen LogP contribution in [0.5, 0.6) is 0 Å². The lowest BCUT2D eigenvalue weighted by Gasteiger charge is -2.24. The van der Waals surface area contributed by atoms with Crippen LogP contribution in [-0.4, -0.2) is 28.5 Å². The number of benzene rings is 1. The van der Waals surface area contributed by atoms with Gasteiger partial charge in [0.05, 0.1) is 24.0 Å². The fourth-order valence-corrected chi connectivity index (χ4v) is 2.84. The molecule has 1 aromatic heterocycles. The number of amides is 2. The second kappa shape index (κ2) is 7.44. The number of nitrogens with one attached hydrogen (secondary N) is 2. The number of rotatable bonds is 5. The maximum absolute atomic E-state index is 13.2. The predicted octanol–water partition coefficient (Wildman–Crippen LogP) is 3.08. The number of urea groups is 1. The molecule has 2 heterocycles. The lowest BCUT2D eigenvalue weighted by Crippen LogP contribution is -2.38. The van der Waals surface area contributed by atoms with Crippen LogP contribution in [0.15, 0.2) is 36.7 Å². The van der Waals surface area contributed by atoms with Crippen molar-refractivity contribution in [2.24, 2.45) is 0 Å². The second-order valence-corrected chi connectivity index (χ2v) is 5.76. The zero-order valence-corrected chi connectivity index (χ0v) is 13.5. The van der Waals surface area contributed by atoms with E-state index in [9.17, 15) is 9.18 Å². The number of anilines is 1. The fourth-order valence-electron chi connectivity index (χ4n) is 2.84. The number of hydrogen-bond donors (Lipinski definition) is 2. The number of hydrogen-bond acceptors (Lipinski definition) is 3. The van der Waals surface area contributed by atoms with E-state index < -0.39 is 0 Å². The highest BCUT2D eigenvalue weighted by molar-refractivity contribution is 5.89. The average molecular weight is 332 g/mol. The average Bonchev–Trinajstić information content (AvgIpc) is 3.25. The number of aryl methyl sites for hydroxylation is 1. The van der Waals surface area contributed by atoms with Crippen LogP contribution in [0.4, 0.5) is 14.9 Å². The summed E-state index contributed by atoms with van der Waals surface area (Å²) < 4.78 is 20.6. The smallest absolute Gasteiger partial charge is 0.319 e. The molecular formula is C17H21FN4O2. The summed E-state index contributed by atoms with van der Waals surface area (Å²) in [6, 6.07) is 5.48. The van der Waals surface area contributed by atoms with E-state index in [-0.39, 0.29) is 24.0 Å². The third-order valence-electron chi connectivity index (χ3n) is 4.07. The molecule has 6 nitrogen and oxygen atoms in total. The van der Waals surface area contributed by atoms with Crippen molar-refractivity contribution in [2.75, 3.05) is 11.9 Å². The molecule has 2 amide bonds. The maximum atomic E-state index is 13.2. The molecule has 2 N–H and O–H groups in total. The van der Waals surface area contributed by atoms with Crippen LogP contribution in [0.25, 0.3) is 0 Å². The molecule has 3 rings (SSSR count). The highest BCUT2D eigenvalue weighted by Gasteiger charge is 2.28. The van der Waals surface area contributed by atoms with Crippen LogP contribution in [-0.2, 0) is 11.3 Å². The van der Waals surface area contributed by atoms with Crippen LogP contribution in [0.2, 0.25) is 0 Å². The van der Waals surface area contributed by atoms with Crippen molar-refractivity contribution in [1.29, 1.82) is 0 Å². The third-order valence-corrected chi connectivity index (χ3v) is 4.07. The summed E-state index contributed by atoms with van der Waals surface area (Å²) in [7, 11) is 0. The van der Waals surface area contributed by atoms with Gasteiger partial charge in [0.15, 0.2) is 0 Å². The first-order valence-corrected chi connectivity index (χ1v) is 8.12. The van der Waals surface area contributed by atoms with Crippen molar-refractivity contribution in [3.63, 3.8) is 0 Å². The van der Waals surface area contributed by atoms with Gasteiger partial charge in [0.25, 0.3) is 0 Å². The number of halogens is 1. The van der Waals surface area contributed by atoms with Gasteiger partial charge >= 0.3 is 6.03 Å². The van der Waals surface area contributed by atoms with Gasteiger partial charge in [-0.15, -0.1) is 0 Å². The lowest BCUT2D eigenvalue weighted by molar-refractivity contribution is 0.0815. The van der Waals surface area contributed by atoms with Crippen LogP contribution < -0.4 is 10.6 Å². The summed E-state index contributed by atoms with van der Waals surface area (Å²) in [6.45, 7) is 3.38. The molecule has 2 atom stereocenters. The Kier molecular flexibility index (Phi) is 5.10. The van der Waals surface area contributed by atoms with Crippen LogP contribution in [0.1, 0.15) is 31.4 Å². The minimum Gasteiger partial charge on any atom is -0.376 e. The molecule has 2 aromatic rings. The number of ether oxygens (including phenoxy) is 1. The predicted molar refractivity (Wildman–Crippen MR) is 88.2 cm³/mol. The molecule has 0 spiro atoms. The SMILES string of the molecule is CCn1cc(NC(=O)N[C@@H](c2ccc(F)cc2)[C@H]2CCCO2)cn1. The monoisotopic (exact) mass is 332 g/mol. The van der Waals surface area contributed by atoms with E-state index in [0.717, 1.165) is 24.9 Å². The van der Waals surface area contributed by atoms with E-state index in [1.807, 2.05) is 6.92 Å². The molecule has 0 aliphatic carbocycles. The summed E-state index contributed by atoms with van der Waals surface area (Å²) in [5.74, 6) is -0.304. The Morgan fingerprint density at radius 2 is 2.25 bits per heavy atom. The zero-order valence-electron chi connectivity index (χ0n) is 13.5. The van der Waals surface area contributed by atoms with Gasteiger partial charge in [0.1, 0.15) is 5.82 Å². The van der Waals surface area contributed by atoms with Crippen molar-refractivity contribution >= 4 is 11.7 Å². The quantitative estimate of drug-likeness (QED) is 0.884. The molecule has 1 saturated heterocycles. The van der Waals surface area contributed by atoms with Gasteiger partial charge in [-0.2, -0.15) is 5.10 Å². The normalized spacial score (nSPS) is 18.3. The molecule has 0 bridgehead atoms. The van der Waals surface area contributed by atoms with Gasteiger partial charge in [-0.05, 0) is 37.5 Å². The van der Waals surface area contributed by atoms with Gasteiger partial charge in [-0.3, -0.25) is 4.68 Å². The zero-order chi connectivity index (χ0) is 16.9.